The highest BCUT2D eigenvalue weighted by Gasteiger charge is 2.18. The number of carbonyl (C=O) groups is 1. The van der Waals surface area contributed by atoms with Gasteiger partial charge in [-0.15, -0.1) is 0 Å². The zero-order valence-corrected chi connectivity index (χ0v) is 14.2. The van der Waals surface area contributed by atoms with Crippen molar-refractivity contribution in [3.63, 3.8) is 0 Å². The van der Waals surface area contributed by atoms with E-state index in [2.05, 4.69) is 10.0 Å². The van der Waals surface area contributed by atoms with Crippen LogP contribution in [0.3, 0.4) is 0 Å². The zero-order valence-electron chi connectivity index (χ0n) is 12.6. The Labute approximate surface area is 135 Å². The summed E-state index contributed by atoms with van der Waals surface area (Å²) in [5.74, 6) is 0. The minimum atomic E-state index is -3.77. The van der Waals surface area contributed by atoms with Crippen LogP contribution in [0.5, 0.6) is 0 Å². The number of nitrogens with two attached hydrogens (primary N) is 1. The smallest absolute Gasteiger partial charge is 0.407 e. The molecule has 0 aliphatic carbocycles. The van der Waals surface area contributed by atoms with Crippen LogP contribution in [0.25, 0.3) is 0 Å². The molecule has 0 aliphatic heterocycles. The maximum atomic E-state index is 12.1. The number of ether oxygens (including phenoxy) is 1. The number of halogens is 1. The second-order valence-corrected chi connectivity index (χ2v) is 7.68. The van der Waals surface area contributed by atoms with Crippen LogP contribution in [0.1, 0.15) is 20.8 Å². The highest BCUT2D eigenvalue weighted by atomic mass is 35.5. The van der Waals surface area contributed by atoms with Crippen molar-refractivity contribution in [2.45, 2.75) is 31.3 Å². The third-order valence-corrected chi connectivity index (χ3v) is 4.12. The SMILES string of the molecule is CC(C)(C)OC(=O)NCCNS(=O)(=O)c1ccc(Cl)cc1N. The lowest BCUT2D eigenvalue weighted by atomic mass is 10.2. The summed E-state index contributed by atoms with van der Waals surface area (Å²) in [7, 11) is -3.77. The molecule has 0 aliphatic rings. The molecule has 4 N–H and O–H groups in total. The first-order chi connectivity index (χ1) is 10.0. The average molecular weight is 350 g/mol. The van der Waals surface area contributed by atoms with Gasteiger partial charge in [0.05, 0.1) is 5.69 Å². The van der Waals surface area contributed by atoms with Gasteiger partial charge in [0.2, 0.25) is 10.0 Å². The molecular formula is C13H20ClN3O4S. The molecule has 0 fully saturated rings. The highest BCUT2D eigenvalue weighted by molar-refractivity contribution is 7.89. The van der Waals surface area contributed by atoms with E-state index < -0.39 is 21.7 Å². The number of hydrogen-bond acceptors (Lipinski definition) is 5. The van der Waals surface area contributed by atoms with Crippen molar-refractivity contribution < 1.29 is 17.9 Å². The summed E-state index contributed by atoms with van der Waals surface area (Å²) >= 11 is 5.72. The number of nitrogens with one attached hydrogen (secondary N) is 2. The topological polar surface area (TPSA) is 111 Å². The van der Waals surface area contributed by atoms with E-state index in [0.29, 0.717) is 5.02 Å². The van der Waals surface area contributed by atoms with Gasteiger partial charge < -0.3 is 15.8 Å². The molecule has 0 radical (unpaired) electrons. The van der Waals surface area contributed by atoms with Gasteiger partial charge in [0, 0.05) is 18.1 Å². The fourth-order valence-electron chi connectivity index (χ4n) is 1.51. The molecule has 1 rings (SSSR count). The van der Waals surface area contributed by atoms with Crippen LogP contribution < -0.4 is 15.8 Å². The number of amides is 1. The van der Waals surface area contributed by atoms with Crippen molar-refractivity contribution in [3.05, 3.63) is 23.2 Å². The number of hydrogen-bond donors (Lipinski definition) is 3. The van der Waals surface area contributed by atoms with Gasteiger partial charge in [-0.1, -0.05) is 11.6 Å². The van der Waals surface area contributed by atoms with Gasteiger partial charge in [0.15, 0.2) is 0 Å². The molecule has 124 valence electrons. The molecule has 1 aromatic rings. The van der Waals surface area contributed by atoms with Crippen molar-refractivity contribution in [1.82, 2.24) is 10.0 Å². The summed E-state index contributed by atoms with van der Waals surface area (Å²) in [5.41, 5.74) is 5.08. The number of sulfonamides is 1. The molecule has 7 nitrogen and oxygen atoms in total. The Morgan fingerprint density at radius 2 is 1.95 bits per heavy atom. The summed E-state index contributed by atoms with van der Waals surface area (Å²) in [6.45, 7) is 5.29. The quantitative estimate of drug-likeness (QED) is 0.553. The van der Waals surface area contributed by atoms with Gasteiger partial charge in [-0.25, -0.2) is 17.9 Å². The Morgan fingerprint density at radius 3 is 2.50 bits per heavy atom. The van der Waals surface area contributed by atoms with E-state index in [1.807, 2.05) is 0 Å². The number of nitrogen functional groups attached to an aromatic ring is 1. The molecule has 0 unspecified atom stereocenters. The lowest BCUT2D eigenvalue weighted by Crippen LogP contribution is -2.38. The summed E-state index contributed by atoms with van der Waals surface area (Å²) in [5, 5.41) is 2.80. The molecule has 0 spiro atoms. The van der Waals surface area contributed by atoms with Crippen molar-refractivity contribution in [2.75, 3.05) is 18.8 Å². The molecular weight excluding hydrogens is 330 g/mol. The first-order valence-electron chi connectivity index (χ1n) is 6.53. The lowest BCUT2D eigenvalue weighted by Gasteiger charge is -2.19. The molecule has 0 aromatic heterocycles. The zero-order chi connectivity index (χ0) is 17.0. The van der Waals surface area contributed by atoms with E-state index in [0.717, 1.165) is 0 Å². The third-order valence-electron chi connectivity index (χ3n) is 2.35. The van der Waals surface area contributed by atoms with E-state index in [9.17, 15) is 13.2 Å². The Bertz CT molecular complexity index is 641. The van der Waals surface area contributed by atoms with E-state index in [1.54, 1.807) is 20.8 Å². The van der Waals surface area contributed by atoms with Crippen LogP contribution in [0.15, 0.2) is 23.1 Å². The van der Waals surface area contributed by atoms with Crippen molar-refractivity contribution in [2.24, 2.45) is 0 Å². The summed E-state index contributed by atoms with van der Waals surface area (Å²) in [6, 6.07) is 4.11. The monoisotopic (exact) mass is 349 g/mol. The van der Waals surface area contributed by atoms with E-state index in [-0.39, 0.29) is 23.7 Å². The van der Waals surface area contributed by atoms with Crippen LogP contribution in [0, 0.1) is 0 Å². The summed E-state index contributed by atoms with van der Waals surface area (Å²) < 4.78 is 31.5. The van der Waals surface area contributed by atoms with Crippen LogP contribution in [0.2, 0.25) is 5.02 Å². The lowest BCUT2D eigenvalue weighted by molar-refractivity contribution is 0.0529. The van der Waals surface area contributed by atoms with Gasteiger partial charge in [0.1, 0.15) is 10.5 Å². The van der Waals surface area contributed by atoms with Crippen molar-refractivity contribution >= 4 is 33.4 Å². The van der Waals surface area contributed by atoms with Crippen LogP contribution >= 0.6 is 11.6 Å². The molecule has 0 saturated heterocycles. The molecule has 22 heavy (non-hydrogen) atoms. The van der Waals surface area contributed by atoms with E-state index in [1.165, 1.54) is 18.2 Å². The Balaban J connectivity index is 2.52. The second kappa shape index (κ2) is 7.17. The van der Waals surface area contributed by atoms with E-state index in [4.69, 9.17) is 22.1 Å². The van der Waals surface area contributed by atoms with Crippen LogP contribution in [0.4, 0.5) is 10.5 Å². The van der Waals surface area contributed by atoms with E-state index >= 15 is 0 Å². The van der Waals surface area contributed by atoms with Gasteiger partial charge in [-0.2, -0.15) is 0 Å². The fraction of sp³-hybridized carbons (Fsp3) is 0.462. The normalized spacial score (nSPS) is 12.0. The molecule has 0 saturated carbocycles. The largest absolute Gasteiger partial charge is 0.444 e. The molecule has 9 heteroatoms. The molecule has 1 amide bonds. The Morgan fingerprint density at radius 1 is 1.32 bits per heavy atom. The maximum absolute atomic E-state index is 12.1. The second-order valence-electron chi connectivity index (χ2n) is 5.51. The maximum Gasteiger partial charge on any atom is 0.407 e. The standard InChI is InChI=1S/C13H20ClN3O4S/c1-13(2,3)21-12(18)16-6-7-17-22(19,20)11-5-4-9(14)8-10(11)15/h4-5,8,17H,6-7,15H2,1-3H3,(H,16,18). The third kappa shape index (κ3) is 6.08. The van der Waals surface area contributed by atoms with Gasteiger partial charge >= 0.3 is 6.09 Å². The first-order valence-corrected chi connectivity index (χ1v) is 8.39. The summed E-state index contributed by atoms with van der Waals surface area (Å²) in [6.07, 6.45) is -0.613. The Hall–Kier alpha value is -1.51. The molecule has 0 atom stereocenters. The van der Waals surface area contributed by atoms with Crippen LogP contribution in [-0.4, -0.2) is 33.2 Å². The molecule has 1 aromatic carbocycles. The van der Waals surface area contributed by atoms with Crippen LogP contribution in [-0.2, 0) is 14.8 Å². The van der Waals surface area contributed by atoms with Crippen molar-refractivity contribution in [3.8, 4) is 0 Å². The first kappa shape index (κ1) is 18.5. The van der Waals surface area contributed by atoms with Gasteiger partial charge in [-0.3, -0.25) is 0 Å². The molecule has 0 heterocycles. The number of alkyl carbamates (subject to hydrolysis) is 1. The number of carbonyl (C=O) groups excluding carboxylic acids is 1. The predicted molar refractivity (Wildman–Crippen MR) is 85.3 cm³/mol. The number of rotatable bonds is 5. The average Bonchev–Trinajstić information content (AvgIpc) is 2.32. The predicted octanol–water partition coefficient (Wildman–Crippen LogP) is 1.73. The summed E-state index contributed by atoms with van der Waals surface area (Å²) in [4.78, 5) is 11.3. The van der Waals surface area contributed by atoms with Gasteiger partial charge in [0.25, 0.3) is 0 Å². The number of anilines is 1. The number of benzene rings is 1. The van der Waals surface area contributed by atoms with Gasteiger partial charge in [-0.05, 0) is 39.0 Å². The fourth-order valence-corrected chi connectivity index (χ4v) is 2.83. The Kier molecular flexibility index (Phi) is 6.04. The molecule has 0 bridgehead atoms. The minimum Gasteiger partial charge on any atom is -0.444 e. The highest BCUT2D eigenvalue weighted by Crippen LogP contribution is 2.21. The van der Waals surface area contributed by atoms with Crippen molar-refractivity contribution in [1.29, 1.82) is 0 Å². The minimum absolute atomic E-state index is 0.00361.